The summed E-state index contributed by atoms with van der Waals surface area (Å²) in [6, 6.07) is 7.21. The van der Waals surface area contributed by atoms with Gasteiger partial charge in [-0.1, -0.05) is 13.8 Å². The van der Waals surface area contributed by atoms with Gasteiger partial charge in [0.05, 0.1) is 12.8 Å². The minimum Gasteiger partial charge on any atom is -0.497 e. The third kappa shape index (κ3) is 2.57. The predicted octanol–water partition coefficient (Wildman–Crippen LogP) is 2.10. The summed E-state index contributed by atoms with van der Waals surface area (Å²) in [4.78, 5) is 15.0. The van der Waals surface area contributed by atoms with Crippen LogP contribution in [0.5, 0.6) is 5.75 Å². The van der Waals surface area contributed by atoms with Crippen LogP contribution >= 0.6 is 0 Å². The Kier molecular flexibility index (Phi) is 3.50. The highest BCUT2D eigenvalue weighted by atomic mass is 16.5. The molecule has 1 aromatic carbocycles. The first-order valence-corrected chi connectivity index (χ1v) is 5.87. The molecule has 0 saturated carbocycles. The molecule has 19 heavy (non-hydrogen) atoms. The molecule has 2 rings (SSSR count). The number of ether oxygens (including phenoxy) is 1. The Balaban J connectivity index is 2.49. The molecule has 0 atom stereocenters. The van der Waals surface area contributed by atoms with Crippen LogP contribution < -0.4 is 4.74 Å². The molecule has 0 bridgehead atoms. The Hall–Kier alpha value is -2.37. The minimum absolute atomic E-state index is 0.0719. The summed E-state index contributed by atoms with van der Waals surface area (Å²) in [5.41, 5.74) is 0.754. The summed E-state index contributed by atoms with van der Waals surface area (Å²) < 4.78 is 6.64. The normalized spacial score (nSPS) is 10.7. The van der Waals surface area contributed by atoms with Gasteiger partial charge >= 0.3 is 5.97 Å². The quantitative estimate of drug-likeness (QED) is 0.911. The lowest BCUT2D eigenvalue weighted by atomic mass is 10.2. The fourth-order valence-electron chi connectivity index (χ4n) is 1.70. The molecule has 2 aromatic rings. The van der Waals surface area contributed by atoms with E-state index >= 15 is 0 Å². The molecule has 0 saturated heterocycles. The number of rotatable bonds is 4. The lowest BCUT2D eigenvalue weighted by Crippen LogP contribution is -2.05. The lowest BCUT2D eigenvalue weighted by molar-refractivity contribution is 0.0683. The van der Waals surface area contributed by atoms with Gasteiger partial charge in [-0.15, -0.1) is 5.10 Å². The van der Waals surface area contributed by atoms with Gasteiger partial charge in [0, 0.05) is 5.92 Å². The highest BCUT2D eigenvalue weighted by molar-refractivity contribution is 5.83. The van der Waals surface area contributed by atoms with Crippen molar-refractivity contribution < 1.29 is 14.6 Å². The van der Waals surface area contributed by atoms with Crippen molar-refractivity contribution in [3.8, 4) is 11.4 Å². The van der Waals surface area contributed by atoms with Crippen LogP contribution in [0.1, 0.15) is 36.2 Å². The van der Waals surface area contributed by atoms with E-state index in [4.69, 9.17) is 9.84 Å². The number of nitrogens with zero attached hydrogens (tertiary/aromatic N) is 3. The summed E-state index contributed by atoms with van der Waals surface area (Å²) in [5, 5.41) is 13.0. The number of hydrogen-bond acceptors (Lipinski definition) is 4. The van der Waals surface area contributed by atoms with Gasteiger partial charge < -0.3 is 9.84 Å². The first-order valence-electron chi connectivity index (χ1n) is 5.87. The topological polar surface area (TPSA) is 77.2 Å². The fraction of sp³-hybridized carbons (Fsp3) is 0.308. The van der Waals surface area contributed by atoms with Crippen molar-refractivity contribution in [1.29, 1.82) is 0 Å². The molecule has 0 fully saturated rings. The van der Waals surface area contributed by atoms with E-state index < -0.39 is 5.97 Å². The molecule has 100 valence electrons. The highest BCUT2D eigenvalue weighted by Crippen LogP contribution is 2.19. The van der Waals surface area contributed by atoms with E-state index in [0.717, 1.165) is 11.4 Å². The van der Waals surface area contributed by atoms with E-state index in [9.17, 15) is 4.79 Å². The van der Waals surface area contributed by atoms with Gasteiger partial charge in [0.1, 0.15) is 11.6 Å². The van der Waals surface area contributed by atoms with E-state index in [1.165, 1.54) is 0 Å². The number of methoxy groups -OCH3 is 1. The largest absolute Gasteiger partial charge is 0.497 e. The number of carboxylic acids is 1. The van der Waals surface area contributed by atoms with E-state index in [-0.39, 0.29) is 11.7 Å². The molecule has 0 unspecified atom stereocenters. The van der Waals surface area contributed by atoms with Crippen molar-refractivity contribution in [2.24, 2.45) is 0 Å². The zero-order valence-electron chi connectivity index (χ0n) is 11.0. The molecule has 1 aromatic heterocycles. The van der Waals surface area contributed by atoms with Crippen LogP contribution in [0.2, 0.25) is 0 Å². The van der Waals surface area contributed by atoms with Crippen molar-refractivity contribution in [1.82, 2.24) is 14.8 Å². The monoisotopic (exact) mass is 261 g/mol. The van der Waals surface area contributed by atoms with Crippen LogP contribution in [0, 0.1) is 0 Å². The summed E-state index contributed by atoms with van der Waals surface area (Å²) in [5.74, 6) is 0.0902. The molecule has 0 aliphatic rings. The van der Waals surface area contributed by atoms with Gasteiger partial charge in [0.2, 0.25) is 0 Å². The zero-order chi connectivity index (χ0) is 14.0. The average molecular weight is 261 g/mol. The van der Waals surface area contributed by atoms with Gasteiger partial charge in [-0.05, 0) is 24.3 Å². The lowest BCUT2D eigenvalue weighted by Gasteiger charge is -2.08. The summed E-state index contributed by atoms with van der Waals surface area (Å²) in [6.07, 6.45) is 0. The molecule has 0 radical (unpaired) electrons. The van der Waals surface area contributed by atoms with Gasteiger partial charge in [0.25, 0.3) is 5.82 Å². The number of benzene rings is 1. The van der Waals surface area contributed by atoms with Crippen LogP contribution in [-0.2, 0) is 0 Å². The van der Waals surface area contributed by atoms with E-state index in [2.05, 4.69) is 10.1 Å². The summed E-state index contributed by atoms with van der Waals surface area (Å²) in [7, 11) is 1.59. The second kappa shape index (κ2) is 5.09. The van der Waals surface area contributed by atoms with Gasteiger partial charge in [-0.25, -0.2) is 14.5 Å². The predicted molar refractivity (Wildman–Crippen MR) is 69.0 cm³/mol. The molecule has 0 amide bonds. The van der Waals surface area contributed by atoms with Crippen molar-refractivity contribution in [2.75, 3.05) is 7.11 Å². The molecule has 0 spiro atoms. The minimum atomic E-state index is -1.13. The fourth-order valence-corrected chi connectivity index (χ4v) is 1.70. The molecule has 1 heterocycles. The average Bonchev–Trinajstić information content (AvgIpc) is 2.84. The van der Waals surface area contributed by atoms with Crippen molar-refractivity contribution in [2.45, 2.75) is 19.8 Å². The number of hydrogen-bond donors (Lipinski definition) is 1. The number of carboxylic acid groups (broad SMARTS) is 1. The first kappa shape index (κ1) is 13.1. The van der Waals surface area contributed by atoms with Gasteiger partial charge in [-0.3, -0.25) is 0 Å². The molecule has 1 N–H and O–H groups in total. The van der Waals surface area contributed by atoms with Crippen LogP contribution in [0.25, 0.3) is 5.69 Å². The molecule has 6 heteroatoms. The summed E-state index contributed by atoms with van der Waals surface area (Å²) >= 11 is 0. The Morgan fingerprint density at radius 3 is 2.42 bits per heavy atom. The molecular formula is C13H15N3O3. The van der Waals surface area contributed by atoms with Gasteiger partial charge in [0.15, 0.2) is 0 Å². The third-order valence-corrected chi connectivity index (χ3v) is 2.66. The first-order chi connectivity index (χ1) is 9.02. The van der Waals surface area contributed by atoms with Crippen LogP contribution in [0.3, 0.4) is 0 Å². The molecular weight excluding hydrogens is 246 g/mol. The van der Waals surface area contributed by atoms with Gasteiger partial charge in [-0.2, -0.15) is 0 Å². The SMILES string of the molecule is COc1ccc(-n2nc(C(=O)O)nc2C(C)C)cc1. The third-order valence-electron chi connectivity index (χ3n) is 2.66. The zero-order valence-corrected chi connectivity index (χ0v) is 11.0. The Labute approximate surface area is 110 Å². The van der Waals surface area contributed by atoms with E-state index in [1.807, 2.05) is 26.0 Å². The Morgan fingerprint density at radius 1 is 1.32 bits per heavy atom. The maximum absolute atomic E-state index is 11.0. The highest BCUT2D eigenvalue weighted by Gasteiger charge is 2.18. The smallest absolute Gasteiger partial charge is 0.375 e. The maximum atomic E-state index is 11.0. The molecule has 0 aliphatic heterocycles. The van der Waals surface area contributed by atoms with Crippen molar-refractivity contribution >= 4 is 5.97 Å². The van der Waals surface area contributed by atoms with Crippen molar-refractivity contribution in [3.63, 3.8) is 0 Å². The Morgan fingerprint density at radius 2 is 1.95 bits per heavy atom. The second-order valence-electron chi connectivity index (χ2n) is 4.36. The summed E-state index contributed by atoms with van der Waals surface area (Å²) in [6.45, 7) is 3.88. The second-order valence-corrected chi connectivity index (χ2v) is 4.36. The maximum Gasteiger partial charge on any atom is 0.375 e. The van der Waals surface area contributed by atoms with Crippen LogP contribution in [0.4, 0.5) is 0 Å². The van der Waals surface area contributed by atoms with Crippen LogP contribution in [-0.4, -0.2) is 33.0 Å². The Bertz CT molecular complexity index is 588. The molecule has 6 nitrogen and oxygen atoms in total. The van der Waals surface area contributed by atoms with E-state index in [1.54, 1.807) is 23.9 Å². The standard InChI is InChI=1S/C13H15N3O3/c1-8(2)12-14-11(13(17)18)15-16(12)9-4-6-10(19-3)7-5-9/h4-8H,1-3H3,(H,17,18). The molecule has 0 aliphatic carbocycles. The number of aromatic carboxylic acids is 1. The van der Waals surface area contributed by atoms with Crippen molar-refractivity contribution in [3.05, 3.63) is 35.9 Å². The number of aromatic nitrogens is 3. The number of carbonyl (C=O) groups is 1. The van der Waals surface area contributed by atoms with Crippen LogP contribution in [0.15, 0.2) is 24.3 Å². The van der Waals surface area contributed by atoms with E-state index in [0.29, 0.717) is 5.82 Å².